The van der Waals surface area contributed by atoms with Gasteiger partial charge in [0.05, 0.1) is 16.8 Å². The van der Waals surface area contributed by atoms with Crippen molar-refractivity contribution in [2.75, 3.05) is 5.32 Å². The highest BCUT2D eigenvalue weighted by Crippen LogP contribution is 2.22. The van der Waals surface area contributed by atoms with Crippen molar-refractivity contribution in [3.05, 3.63) is 65.0 Å². The fourth-order valence-corrected chi connectivity index (χ4v) is 2.38. The maximum Gasteiger partial charge on any atom is 0.258 e. The Hall–Kier alpha value is -2.27. The van der Waals surface area contributed by atoms with Gasteiger partial charge >= 0.3 is 0 Å². The van der Waals surface area contributed by atoms with Crippen LogP contribution in [0.4, 0.5) is 5.69 Å². The van der Waals surface area contributed by atoms with E-state index in [9.17, 15) is 4.79 Å². The molecule has 3 aromatic rings. The molecule has 2 aromatic heterocycles. The van der Waals surface area contributed by atoms with Gasteiger partial charge in [-0.1, -0.05) is 18.2 Å². The van der Waals surface area contributed by atoms with Crippen LogP contribution in [0.1, 0.15) is 10.4 Å². The van der Waals surface area contributed by atoms with E-state index in [1.165, 1.54) is 0 Å². The third kappa shape index (κ3) is 2.40. The average Bonchev–Trinajstić information content (AvgIpc) is 2.48. The van der Waals surface area contributed by atoms with Crippen LogP contribution < -0.4 is 5.32 Å². The molecule has 0 fully saturated rings. The topological polar surface area (TPSA) is 54.9 Å². The van der Waals surface area contributed by atoms with Crippen LogP contribution in [0.15, 0.2) is 59.5 Å². The number of hydrogen-bond donors (Lipinski definition) is 1. The first-order chi connectivity index (χ1) is 9.75. The predicted molar refractivity (Wildman–Crippen MR) is 81.6 cm³/mol. The number of hydrogen-bond acceptors (Lipinski definition) is 3. The molecule has 1 aromatic carbocycles. The highest BCUT2D eigenvalue weighted by molar-refractivity contribution is 9.10. The lowest BCUT2D eigenvalue weighted by molar-refractivity contribution is 0.102. The van der Waals surface area contributed by atoms with Gasteiger partial charge in [0.2, 0.25) is 0 Å². The Morgan fingerprint density at radius 1 is 1.00 bits per heavy atom. The first-order valence-corrected chi connectivity index (χ1v) is 6.80. The highest BCUT2D eigenvalue weighted by Gasteiger charge is 2.12. The van der Waals surface area contributed by atoms with Crippen molar-refractivity contribution in [1.29, 1.82) is 0 Å². The number of nitrogens with zero attached hydrogens (tertiary/aromatic N) is 2. The molecule has 20 heavy (non-hydrogen) atoms. The zero-order chi connectivity index (χ0) is 13.9. The number of fused-ring (bicyclic) bond motifs is 1. The number of carbonyl (C=O) groups is 1. The molecule has 5 heteroatoms. The van der Waals surface area contributed by atoms with Gasteiger partial charge in [0.1, 0.15) is 4.60 Å². The summed E-state index contributed by atoms with van der Waals surface area (Å²) >= 11 is 3.27. The highest BCUT2D eigenvalue weighted by atomic mass is 79.9. The van der Waals surface area contributed by atoms with Crippen LogP contribution in [-0.4, -0.2) is 15.9 Å². The standard InChI is InChI=1S/C15H10BrN3O/c16-14-11(6-3-9-18-14)15(20)19-12-7-1-4-10-5-2-8-17-13(10)12/h1-9H,(H,19,20). The number of anilines is 1. The molecule has 4 nitrogen and oxygen atoms in total. The molecule has 0 spiro atoms. The number of nitrogens with one attached hydrogen (secondary N) is 1. The van der Waals surface area contributed by atoms with Gasteiger partial charge in [0.15, 0.2) is 0 Å². The molecule has 0 bridgehead atoms. The Bertz CT molecular complexity index is 783. The molecule has 0 aliphatic carbocycles. The first kappa shape index (κ1) is 12.7. The van der Waals surface area contributed by atoms with Crippen molar-refractivity contribution >= 4 is 38.4 Å². The van der Waals surface area contributed by atoms with Crippen LogP contribution in [0.2, 0.25) is 0 Å². The second-order valence-electron chi connectivity index (χ2n) is 4.18. The zero-order valence-electron chi connectivity index (χ0n) is 10.4. The lowest BCUT2D eigenvalue weighted by Crippen LogP contribution is -2.13. The van der Waals surface area contributed by atoms with E-state index in [0.717, 1.165) is 10.9 Å². The predicted octanol–water partition coefficient (Wildman–Crippen LogP) is 3.64. The van der Waals surface area contributed by atoms with E-state index in [1.807, 2.05) is 30.3 Å². The number of pyridine rings is 2. The molecule has 1 amide bonds. The molecule has 2 heterocycles. The number of aromatic nitrogens is 2. The summed E-state index contributed by atoms with van der Waals surface area (Å²) in [5.74, 6) is -0.219. The fourth-order valence-electron chi connectivity index (χ4n) is 1.95. The van der Waals surface area contributed by atoms with E-state index in [4.69, 9.17) is 0 Å². The van der Waals surface area contributed by atoms with Crippen molar-refractivity contribution in [1.82, 2.24) is 9.97 Å². The van der Waals surface area contributed by atoms with E-state index in [1.54, 1.807) is 24.5 Å². The lowest BCUT2D eigenvalue weighted by atomic mass is 10.2. The van der Waals surface area contributed by atoms with E-state index in [0.29, 0.717) is 15.9 Å². The number of halogens is 1. The number of rotatable bonds is 2. The minimum Gasteiger partial charge on any atom is -0.320 e. The summed E-state index contributed by atoms with van der Waals surface area (Å²) < 4.78 is 0.519. The van der Waals surface area contributed by atoms with Crippen LogP contribution in [-0.2, 0) is 0 Å². The van der Waals surface area contributed by atoms with Gasteiger partial charge in [0.25, 0.3) is 5.91 Å². The molecule has 1 N–H and O–H groups in total. The Balaban J connectivity index is 1.98. The number of benzene rings is 1. The van der Waals surface area contributed by atoms with Gasteiger partial charge in [-0.15, -0.1) is 0 Å². The summed E-state index contributed by atoms with van der Waals surface area (Å²) in [7, 11) is 0. The quantitative estimate of drug-likeness (QED) is 0.731. The lowest BCUT2D eigenvalue weighted by Gasteiger charge is -2.08. The van der Waals surface area contributed by atoms with Gasteiger partial charge in [-0.2, -0.15) is 0 Å². The maximum absolute atomic E-state index is 12.3. The maximum atomic E-state index is 12.3. The summed E-state index contributed by atoms with van der Waals surface area (Å²) in [5, 5.41) is 3.85. The zero-order valence-corrected chi connectivity index (χ0v) is 12.0. The first-order valence-electron chi connectivity index (χ1n) is 6.01. The van der Waals surface area contributed by atoms with Gasteiger partial charge in [-0.25, -0.2) is 4.98 Å². The Labute approximate surface area is 124 Å². The summed E-state index contributed by atoms with van der Waals surface area (Å²) in [6, 6.07) is 12.9. The largest absolute Gasteiger partial charge is 0.320 e. The molecule has 0 aliphatic rings. The number of para-hydroxylation sites is 1. The number of amides is 1. The second kappa shape index (κ2) is 5.38. The van der Waals surface area contributed by atoms with Crippen LogP contribution in [0.5, 0.6) is 0 Å². The third-order valence-corrected chi connectivity index (χ3v) is 3.52. The van der Waals surface area contributed by atoms with Gasteiger partial charge < -0.3 is 5.32 Å². The average molecular weight is 328 g/mol. The molecule has 0 saturated carbocycles. The van der Waals surface area contributed by atoms with Crippen molar-refractivity contribution in [2.45, 2.75) is 0 Å². The van der Waals surface area contributed by atoms with Crippen LogP contribution >= 0.6 is 15.9 Å². The van der Waals surface area contributed by atoms with E-state index >= 15 is 0 Å². The molecule has 98 valence electrons. The summed E-state index contributed by atoms with van der Waals surface area (Å²) in [4.78, 5) is 20.6. The van der Waals surface area contributed by atoms with Crippen LogP contribution in [0.25, 0.3) is 10.9 Å². The third-order valence-electron chi connectivity index (χ3n) is 2.88. The molecule has 0 aliphatic heterocycles. The van der Waals surface area contributed by atoms with E-state index in [-0.39, 0.29) is 5.91 Å². The van der Waals surface area contributed by atoms with Crippen molar-refractivity contribution in [3.63, 3.8) is 0 Å². The van der Waals surface area contributed by atoms with Crippen molar-refractivity contribution in [3.8, 4) is 0 Å². The Kier molecular flexibility index (Phi) is 3.43. The van der Waals surface area contributed by atoms with Gasteiger partial charge in [0, 0.05) is 17.8 Å². The molecule has 0 saturated heterocycles. The molecular formula is C15H10BrN3O. The fraction of sp³-hybridized carbons (Fsp3) is 0. The number of carbonyl (C=O) groups excluding carboxylic acids is 1. The second-order valence-corrected chi connectivity index (χ2v) is 4.93. The molecule has 0 unspecified atom stereocenters. The molecule has 0 radical (unpaired) electrons. The minimum atomic E-state index is -0.219. The normalized spacial score (nSPS) is 10.4. The Morgan fingerprint density at radius 2 is 1.75 bits per heavy atom. The molecular weight excluding hydrogens is 318 g/mol. The monoisotopic (exact) mass is 327 g/mol. The van der Waals surface area contributed by atoms with Crippen LogP contribution in [0, 0.1) is 0 Å². The van der Waals surface area contributed by atoms with Gasteiger partial charge in [-0.3, -0.25) is 9.78 Å². The van der Waals surface area contributed by atoms with Gasteiger partial charge in [-0.05, 0) is 40.2 Å². The molecule has 0 atom stereocenters. The van der Waals surface area contributed by atoms with Crippen molar-refractivity contribution in [2.24, 2.45) is 0 Å². The summed E-state index contributed by atoms with van der Waals surface area (Å²) in [6.07, 6.45) is 3.33. The smallest absolute Gasteiger partial charge is 0.258 e. The molecule has 3 rings (SSSR count). The summed E-state index contributed by atoms with van der Waals surface area (Å²) in [5.41, 5.74) is 1.94. The minimum absolute atomic E-state index is 0.219. The van der Waals surface area contributed by atoms with Crippen molar-refractivity contribution < 1.29 is 4.79 Å². The Morgan fingerprint density at radius 3 is 2.60 bits per heavy atom. The summed E-state index contributed by atoms with van der Waals surface area (Å²) in [6.45, 7) is 0. The SMILES string of the molecule is O=C(Nc1cccc2cccnc12)c1cccnc1Br. The van der Waals surface area contributed by atoms with E-state index < -0.39 is 0 Å². The van der Waals surface area contributed by atoms with Crippen LogP contribution in [0.3, 0.4) is 0 Å². The van der Waals surface area contributed by atoms with E-state index in [2.05, 4.69) is 31.2 Å².